The Labute approximate surface area is 66.8 Å². The maximum absolute atomic E-state index is 13.2. The SMILES string of the molecule is O=Cc1ccc2oncc2c1F. The smallest absolute Gasteiger partial charge is 0.169 e. The number of benzene rings is 1. The van der Waals surface area contributed by atoms with Crippen LogP contribution >= 0.6 is 0 Å². The van der Waals surface area contributed by atoms with Crippen molar-refractivity contribution in [2.45, 2.75) is 0 Å². The number of aromatic nitrogens is 1. The Kier molecular flexibility index (Phi) is 1.40. The van der Waals surface area contributed by atoms with Crippen LogP contribution in [0.3, 0.4) is 0 Å². The van der Waals surface area contributed by atoms with E-state index in [1.165, 1.54) is 18.3 Å². The van der Waals surface area contributed by atoms with E-state index in [9.17, 15) is 9.18 Å². The van der Waals surface area contributed by atoms with Crippen LogP contribution in [0, 0.1) is 5.82 Å². The molecule has 0 saturated carbocycles. The van der Waals surface area contributed by atoms with Gasteiger partial charge in [-0.05, 0) is 12.1 Å². The quantitative estimate of drug-likeness (QED) is 0.605. The summed E-state index contributed by atoms with van der Waals surface area (Å²) in [6.45, 7) is 0. The fourth-order valence-corrected chi connectivity index (χ4v) is 1.02. The normalized spacial score (nSPS) is 10.4. The van der Waals surface area contributed by atoms with E-state index >= 15 is 0 Å². The number of halogens is 1. The summed E-state index contributed by atoms with van der Waals surface area (Å²) in [6.07, 6.45) is 1.71. The first-order valence-electron chi connectivity index (χ1n) is 3.31. The zero-order chi connectivity index (χ0) is 8.55. The molecule has 0 fully saturated rings. The van der Waals surface area contributed by atoms with Gasteiger partial charge in [-0.15, -0.1) is 0 Å². The van der Waals surface area contributed by atoms with Gasteiger partial charge in [-0.2, -0.15) is 0 Å². The third-order valence-corrected chi connectivity index (χ3v) is 1.63. The van der Waals surface area contributed by atoms with E-state index in [4.69, 9.17) is 4.52 Å². The van der Waals surface area contributed by atoms with E-state index in [-0.39, 0.29) is 10.9 Å². The average Bonchev–Trinajstić information content (AvgIpc) is 2.53. The fraction of sp³-hybridized carbons (Fsp3) is 0. The van der Waals surface area contributed by atoms with Crippen molar-refractivity contribution in [1.82, 2.24) is 5.16 Å². The van der Waals surface area contributed by atoms with Crippen molar-refractivity contribution in [1.29, 1.82) is 0 Å². The van der Waals surface area contributed by atoms with Gasteiger partial charge in [0.15, 0.2) is 11.9 Å². The summed E-state index contributed by atoms with van der Waals surface area (Å²) < 4.78 is 17.9. The molecule has 0 N–H and O–H groups in total. The lowest BCUT2D eigenvalue weighted by atomic mass is 10.2. The van der Waals surface area contributed by atoms with E-state index in [1.54, 1.807) is 0 Å². The number of rotatable bonds is 1. The molecule has 60 valence electrons. The van der Waals surface area contributed by atoms with Crippen molar-refractivity contribution in [2.24, 2.45) is 0 Å². The van der Waals surface area contributed by atoms with Crippen LogP contribution in [0.5, 0.6) is 0 Å². The number of carbonyl (C=O) groups excluding carboxylic acids is 1. The fourth-order valence-electron chi connectivity index (χ4n) is 1.02. The molecule has 4 heteroatoms. The highest BCUT2D eigenvalue weighted by Gasteiger charge is 2.08. The van der Waals surface area contributed by atoms with Crippen molar-refractivity contribution in [3.63, 3.8) is 0 Å². The van der Waals surface area contributed by atoms with Gasteiger partial charge in [0, 0.05) is 0 Å². The lowest BCUT2D eigenvalue weighted by Gasteiger charge is -1.92. The second-order valence-corrected chi connectivity index (χ2v) is 2.32. The second kappa shape index (κ2) is 2.41. The van der Waals surface area contributed by atoms with E-state index in [1.807, 2.05) is 0 Å². The van der Waals surface area contributed by atoms with Crippen LogP contribution in [-0.4, -0.2) is 11.4 Å². The van der Waals surface area contributed by atoms with Gasteiger partial charge in [0.05, 0.1) is 17.1 Å². The highest BCUT2D eigenvalue weighted by Crippen LogP contribution is 2.19. The maximum Gasteiger partial charge on any atom is 0.169 e. The van der Waals surface area contributed by atoms with Gasteiger partial charge in [-0.1, -0.05) is 5.16 Å². The zero-order valence-corrected chi connectivity index (χ0v) is 5.95. The number of hydrogen-bond acceptors (Lipinski definition) is 3. The molecule has 3 nitrogen and oxygen atoms in total. The van der Waals surface area contributed by atoms with Crippen molar-refractivity contribution >= 4 is 17.3 Å². The van der Waals surface area contributed by atoms with Crippen molar-refractivity contribution in [3.8, 4) is 0 Å². The molecule has 12 heavy (non-hydrogen) atoms. The van der Waals surface area contributed by atoms with Gasteiger partial charge in [0.2, 0.25) is 0 Å². The van der Waals surface area contributed by atoms with Crippen LogP contribution in [0.25, 0.3) is 11.0 Å². The molecule has 0 bridgehead atoms. The zero-order valence-electron chi connectivity index (χ0n) is 5.95. The monoisotopic (exact) mass is 165 g/mol. The molecule has 0 radical (unpaired) electrons. The molecular formula is C8H4FNO2. The van der Waals surface area contributed by atoms with Gasteiger partial charge in [0.25, 0.3) is 0 Å². The highest BCUT2D eigenvalue weighted by molar-refractivity contribution is 5.86. The summed E-state index contributed by atoms with van der Waals surface area (Å²) in [5, 5.41) is 3.64. The van der Waals surface area contributed by atoms with Crippen LogP contribution in [0.2, 0.25) is 0 Å². The molecule has 0 atom stereocenters. The molecule has 2 aromatic rings. The number of aldehydes is 1. The Morgan fingerprint density at radius 3 is 3.08 bits per heavy atom. The Bertz CT molecular complexity index is 436. The van der Waals surface area contributed by atoms with Crippen molar-refractivity contribution in [2.75, 3.05) is 0 Å². The van der Waals surface area contributed by atoms with E-state index in [0.717, 1.165) is 0 Å². The summed E-state index contributed by atoms with van der Waals surface area (Å²) in [6, 6.07) is 2.87. The molecule has 0 aliphatic rings. The number of fused-ring (bicyclic) bond motifs is 1. The summed E-state index contributed by atoms with van der Waals surface area (Å²) >= 11 is 0. The first kappa shape index (κ1) is 6.97. The molecule has 0 saturated heterocycles. The third kappa shape index (κ3) is 0.812. The standard InChI is InChI=1S/C8H4FNO2/c9-8-5(4-11)1-2-7-6(8)3-10-12-7/h1-4H. The van der Waals surface area contributed by atoms with Gasteiger partial charge in [0.1, 0.15) is 5.82 Å². The van der Waals surface area contributed by atoms with Crippen molar-refractivity contribution < 1.29 is 13.7 Å². The van der Waals surface area contributed by atoms with Crippen LogP contribution in [0.4, 0.5) is 4.39 Å². The van der Waals surface area contributed by atoms with Crippen LogP contribution in [0.15, 0.2) is 22.9 Å². The van der Waals surface area contributed by atoms with Crippen molar-refractivity contribution in [3.05, 3.63) is 29.7 Å². The second-order valence-electron chi connectivity index (χ2n) is 2.32. The van der Waals surface area contributed by atoms with E-state index in [2.05, 4.69) is 5.16 Å². The van der Waals surface area contributed by atoms with Gasteiger partial charge < -0.3 is 4.52 Å². The first-order valence-corrected chi connectivity index (χ1v) is 3.31. The molecular weight excluding hydrogens is 161 g/mol. The minimum atomic E-state index is -0.580. The Morgan fingerprint density at radius 2 is 2.33 bits per heavy atom. The Balaban J connectivity index is 2.86. The molecule has 0 aliphatic carbocycles. The van der Waals surface area contributed by atoms with E-state index < -0.39 is 5.82 Å². The molecule has 0 amide bonds. The summed E-state index contributed by atoms with van der Waals surface area (Å²) in [7, 11) is 0. The van der Waals surface area contributed by atoms with Gasteiger partial charge in [-0.25, -0.2) is 4.39 Å². The first-order chi connectivity index (χ1) is 5.83. The largest absolute Gasteiger partial charge is 0.356 e. The predicted octanol–water partition coefficient (Wildman–Crippen LogP) is 1.78. The molecule has 1 heterocycles. The molecule has 1 aromatic carbocycles. The number of hydrogen-bond donors (Lipinski definition) is 0. The molecule has 0 spiro atoms. The summed E-state index contributed by atoms with van der Waals surface area (Å²) in [5.74, 6) is -0.580. The van der Waals surface area contributed by atoms with Crippen LogP contribution in [-0.2, 0) is 0 Å². The number of carbonyl (C=O) groups is 1. The Morgan fingerprint density at radius 1 is 1.50 bits per heavy atom. The van der Waals surface area contributed by atoms with Gasteiger partial charge >= 0.3 is 0 Å². The lowest BCUT2D eigenvalue weighted by molar-refractivity contribution is 0.112. The maximum atomic E-state index is 13.2. The molecule has 0 aliphatic heterocycles. The average molecular weight is 165 g/mol. The minimum Gasteiger partial charge on any atom is -0.356 e. The number of nitrogens with zero attached hydrogens (tertiary/aromatic N) is 1. The molecule has 0 unspecified atom stereocenters. The summed E-state index contributed by atoms with van der Waals surface area (Å²) in [5.41, 5.74) is 0.365. The topological polar surface area (TPSA) is 43.1 Å². The van der Waals surface area contributed by atoms with E-state index in [0.29, 0.717) is 11.9 Å². The third-order valence-electron chi connectivity index (χ3n) is 1.63. The van der Waals surface area contributed by atoms with Gasteiger partial charge in [-0.3, -0.25) is 4.79 Å². The van der Waals surface area contributed by atoms with Crippen LogP contribution < -0.4 is 0 Å². The Hall–Kier alpha value is -1.71. The molecule has 1 aromatic heterocycles. The molecule has 2 rings (SSSR count). The summed E-state index contributed by atoms with van der Waals surface area (Å²) in [4.78, 5) is 10.3. The minimum absolute atomic E-state index is 0.0192. The lowest BCUT2D eigenvalue weighted by Crippen LogP contribution is -1.86. The predicted molar refractivity (Wildman–Crippen MR) is 39.4 cm³/mol. The van der Waals surface area contributed by atoms with Crippen LogP contribution in [0.1, 0.15) is 10.4 Å². The highest BCUT2D eigenvalue weighted by atomic mass is 19.1.